The van der Waals surface area contributed by atoms with E-state index in [-0.39, 0.29) is 18.1 Å². The van der Waals surface area contributed by atoms with Gasteiger partial charge in [-0.25, -0.2) is 5.01 Å². The van der Waals surface area contributed by atoms with Gasteiger partial charge in [0.2, 0.25) is 5.91 Å². The Labute approximate surface area is 172 Å². The monoisotopic (exact) mass is 421 g/mol. The number of rotatable bonds is 5. The van der Waals surface area contributed by atoms with Crippen LogP contribution < -0.4 is 9.75 Å². The first-order valence-electron chi connectivity index (χ1n) is 9.28. The quantitative estimate of drug-likeness (QED) is 0.786. The summed E-state index contributed by atoms with van der Waals surface area (Å²) in [7, 11) is 0. The van der Waals surface area contributed by atoms with Gasteiger partial charge in [0, 0.05) is 12.6 Å². The molecule has 0 fully saturated rings. The number of anilines is 1. The van der Waals surface area contributed by atoms with Gasteiger partial charge < -0.3 is 9.84 Å². The summed E-state index contributed by atoms with van der Waals surface area (Å²) in [4.78, 5) is 16.9. The Morgan fingerprint density at radius 1 is 1.17 bits per heavy atom. The molecule has 0 saturated heterocycles. The first-order valence-corrected chi connectivity index (χ1v) is 9.28. The van der Waals surface area contributed by atoms with E-state index in [4.69, 9.17) is 0 Å². The molecule has 1 atom stereocenters. The number of aromatic nitrogens is 1. The number of amides is 1. The van der Waals surface area contributed by atoms with Gasteiger partial charge in [-0.3, -0.25) is 14.8 Å². The molecular weight excluding hydrogens is 399 g/mol. The van der Waals surface area contributed by atoms with E-state index in [1.165, 1.54) is 35.5 Å². The third-order valence-corrected chi connectivity index (χ3v) is 4.83. The zero-order valence-electron chi connectivity index (χ0n) is 16.7. The molecule has 1 aliphatic heterocycles. The molecule has 0 saturated carbocycles. The van der Waals surface area contributed by atoms with Crippen molar-refractivity contribution in [3.05, 3.63) is 60.4 Å². The van der Waals surface area contributed by atoms with Crippen molar-refractivity contribution in [3.63, 3.8) is 0 Å². The molecule has 1 aromatic carbocycles. The highest BCUT2D eigenvalue weighted by Gasteiger charge is 2.39. The molecule has 30 heavy (non-hydrogen) atoms. The highest BCUT2D eigenvalue weighted by molar-refractivity contribution is 5.97. The van der Waals surface area contributed by atoms with Crippen molar-refractivity contribution in [1.29, 1.82) is 0 Å². The summed E-state index contributed by atoms with van der Waals surface area (Å²) >= 11 is 0. The number of carbonyl (C=O) groups is 1. The number of ether oxygens (including phenoxy) is 1. The van der Waals surface area contributed by atoms with E-state index in [0.717, 1.165) is 0 Å². The summed E-state index contributed by atoms with van der Waals surface area (Å²) < 4.78 is 41.3. The third-order valence-electron chi connectivity index (χ3n) is 4.83. The first-order chi connectivity index (χ1) is 14.0. The van der Waals surface area contributed by atoms with Crippen LogP contribution in [0.25, 0.3) is 5.70 Å². The van der Waals surface area contributed by atoms with Crippen LogP contribution in [0.5, 0.6) is 5.75 Å². The Balaban J connectivity index is 2.04. The normalized spacial score (nSPS) is 16.4. The fourth-order valence-corrected chi connectivity index (χ4v) is 3.10. The number of pyridine rings is 1. The second-order valence-corrected chi connectivity index (χ2v) is 7.46. The molecule has 3 rings (SSSR count). The van der Waals surface area contributed by atoms with Crippen molar-refractivity contribution in [2.24, 2.45) is 0 Å². The van der Waals surface area contributed by atoms with Gasteiger partial charge in [0.15, 0.2) is 0 Å². The molecule has 1 aliphatic rings. The minimum atomic E-state index is -4.78. The van der Waals surface area contributed by atoms with Gasteiger partial charge in [-0.1, -0.05) is 0 Å². The molecular formula is C21H22F3N3O3. The molecule has 2 aromatic rings. The molecule has 6 nitrogen and oxygen atoms in total. The van der Waals surface area contributed by atoms with E-state index in [2.05, 4.69) is 9.72 Å². The van der Waals surface area contributed by atoms with Gasteiger partial charge in [-0.15, -0.1) is 13.2 Å². The Hall–Kier alpha value is -3.07. The summed E-state index contributed by atoms with van der Waals surface area (Å²) in [6, 6.07) is 8.24. The predicted molar refractivity (Wildman–Crippen MR) is 105 cm³/mol. The lowest BCUT2D eigenvalue weighted by Crippen LogP contribution is -2.58. The van der Waals surface area contributed by atoms with Crippen LogP contribution >= 0.6 is 0 Å². The topological polar surface area (TPSA) is 65.9 Å². The molecule has 0 unspecified atom stereocenters. The van der Waals surface area contributed by atoms with Crippen molar-refractivity contribution in [1.82, 2.24) is 9.99 Å². The molecule has 1 amide bonds. The Bertz CT molecular complexity index is 922. The summed E-state index contributed by atoms with van der Waals surface area (Å²) in [6.45, 7) is 5.00. The zero-order chi connectivity index (χ0) is 22.1. The van der Waals surface area contributed by atoms with Gasteiger partial charge in [0.25, 0.3) is 0 Å². The van der Waals surface area contributed by atoms with E-state index in [1.54, 1.807) is 50.2 Å². The summed E-state index contributed by atoms with van der Waals surface area (Å²) in [6.07, 6.45) is 0.108. The van der Waals surface area contributed by atoms with Crippen molar-refractivity contribution in [3.8, 4) is 5.75 Å². The lowest BCUT2D eigenvalue weighted by molar-refractivity contribution is -0.274. The molecule has 0 bridgehead atoms. The first kappa shape index (κ1) is 21.6. The Morgan fingerprint density at radius 2 is 1.83 bits per heavy atom. The van der Waals surface area contributed by atoms with Crippen LogP contribution in [0.1, 0.15) is 32.8 Å². The maximum Gasteiger partial charge on any atom is 0.573 e. The van der Waals surface area contributed by atoms with Gasteiger partial charge in [0.1, 0.15) is 5.75 Å². The van der Waals surface area contributed by atoms with Crippen molar-refractivity contribution >= 4 is 17.3 Å². The van der Waals surface area contributed by atoms with Crippen molar-refractivity contribution < 1.29 is 27.8 Å². The van der Waals surface area contributed by atoms with Crippen LogP contribution in [0, 0.1) is 0 Å². The van der Waals surface area contributed by atoms with E-state index in [9.17, 15) is 23.1 Å². The van der Waals surface area contributed by atoms with Crippen LogP contribution in [0.2, 0.25) is 0 Å². The smallest absolute Gasteiger partial charge is 0.406 e. The highest BCUT2D eigenvalue weighted by Crippen LogP contribution is 2.35. The molecule has 160 valence electrons. The second-order valence-electron chi connectivity index (χ2n) is 7.46. The molecule has 9 heteroatoms. The van der Waals surface area contributed by atoms with Crippen LogP contribution in [-0.2, 0) is 4.79 Å². The van der Waals surface area contributed by atoms with Gasteiger partial charge in [-0.05, 0) is 68.8 Å². The molecule has 0 spiro atoms. The van der Waals surface area contributed by atoms with E-state index >= 15 is 0 Å². The maximum absolute atomic E-state index is 12.8. The van der Waals surface area contributed by atoms with Crippen LogP contribution in [-0.4, -0.2) is 39.0 Å². The van der Waals surface area contributed by atoms with Crippen LogP contribution in [0.3, 0.4) is 0 Å². The Morgan fingerprint density at radius 3 is 2.37 bits per heavy atom. The van der Waals surface area contributed by atoms with Gasteiger partial charge >= 0.3 is 6.36 Å². The average Bonchev–Trinajstić information content (AvgIpc) is 2.66. The molecule has 2 heterocycles. The summed E-state index contributed by atoms with van der Waals surface area (Å²) in [5.74, 6) is -0.565. The number of hydrogen-bond donors (Lipinski definition) is 1. The third kappa shape index (κ3) is 4.73. The standard InChI is InChI=1S/C21H22F3N3O3/c1-14(20(2,3)29)26-18(15-6-8-17(9-7-15)30-21(22,23)24)10-11-19(28)27(26)16-5-4-12-25-13-16/h4-10,12-14,29H,11H2,1-3H3/t14-/m1/s1. The summed E-state index contributed by atoms with van der Waals surface area (Å²) in [5.41, 5.74) is 0.464. The maximum atomic E-state index is 12.8. The minimum Gasteiger partial charge on any atom is -0.406 e. The molecule has 0 radical (unpaired) electrons. The van der Waals surface area contributed by atoms with E-state index in [1.807, 2.05) is 0 Å². The zero-order valence-corrected chi connectivity index (χ0v) is 16.7. The van der Waals surface area contributed by atoms with Crippen molar-refractivity contribution in [2.75, 3.05) is 5.01 Å². The van der Waals surface area contributed by atoms with Crippen molar-refractivity contribution in [2.45, 2.75) is 45.2 Å². The molecule has 1 N–H and O–H groups in total. The fraction of sp³-hybridized carbons (Fsp3) is 0.333. The molecule has 0 aliphatic carbocycles. The van der Waals surface area contributed by atoms with Gasteiger partial charge in [-0.2, -0.15) is 0 Å². The lowest BCUT2D eigenvalue weighted by atomic mass is 9.97. The summed E-state index contributed by atoms with van der Waals surface area (Å²) in [5, 5.41) is 13.7. The van der Waals surface area contributed by atoms with Crippen LogP contribution in [0.4, 0.5) is 18.9 Å². The fourth-order valence-electron chi connectivity index (χ4n) is 3.10. The number of carbonyl (C=O) groups excluding carboxylic acids is 1. The Kier molecular flexibility index (Phi) is 5.76. The van der Waals surface area contributed by atoms with E-state index < -0.39 is 18.0 Å². The number of aliphatic hydroxyl groups is 1. The number of nitrogens with zero attached hydrogens (tertiary/aromatic N) is 3. The number of halogens is 3. The number of hydrogen-bond acceptors (Lipinski definition) is 5. The van der Waals surface area contributed by atoms with Crippen LogP contribution in [0.15, 0.2) is 54.9 Å². The number of hydrazine groups is 1. The highest BCUT2D eigenvalue weighted by atomic mass is 19.4. The largest absolute Gasteiger partial charge is 0.573 e. The number of benzene rings is 1. The molecule has 1 aromatic heterocycles. The second kappa shape index (κ2) is 7.98. The van der Waals surface area contributed by atoms with Gasteiger partial charge in [0.05, 0.1) is 29.2 Å². The lowest BCUT2D eigenvalue weighted by Gasteiger charge is -2.47. The predicted octanol–water partition coefficient (Wildman–Crippen LogP) is 4.13. The SMILES string of the molecule is C[C@@H](N1C(c2ccc(OC(F)(F)F)cc2)=CCC(=O)N1c1cccnc1)C(C)(C)O. The average molecular weight is 421 g/mol. The number of alkyl halides is 3. The minimum absolute atomic E-state index is 0.0834. The van der Waals surface area contributed by atoms with E-state index in [0.29, 0.717) is 16.9 Å².